The van der Waals surface area contributed by atoms with E-state index in [1.165, 1.54) is 7.11 Å². The number of ether oxygens (including phenoxy) is 5. The Morgan fingerprint density at radius 1 is 0.820 bits per heavy atom. The summed E-state index contributed by atoms with van der Waals surface area (Å²) in [5, 5.41) is 13.6. The van der Waals surface area contributed by atoms with E-state index < -0.39 is 53.3 Å². The lowest BCUT2D eigenvalue weighted by Gasteiger charge is -2.23. The third-order valence-corrected chi connectivity index (χ3v) is 6.96. The van der Waals surface area contributed by atoms with E-state index in [0.29, 0.717) is 33.8 Å². The fourth-order valence-electron chi connectivity index (χ4n) is 4.90. The van der Waals surface area contributed by atoms with Crippen molar-refractivity contribution < 1.29 is 47.7 Å². The zero-order valence-electron chi connectivity index (χ0n) is 29.9. The molecule has 4 amide bonds. The third-order valence-electron chi connectivity index (χ3n) is 6.96. The van der Waals surface area contributed by atoms with Crippen LogP contribution in [0.25, 0.3) is 11.1 Å². The molecular formula is C35H49N5O10. The van der Waals surface area contributed by atoms with Crippen molar-refractivity contribution in [3.63, 3.8) is 0 Å². The van der Waals surface area contributed by atoms with E-state index >= 15 is 0 Å². The number of benzene rings is 2. The molecule has 274 valence electrons. The first kappa shape index (κ1) is 39.4. The summed E-state index contributed by atoms with van der Waals surface area (Å²) >= 11 is 0. The molecule has 2 aromatic rings. The second-order valence-electron chi connectivity index (χ2n) is 13.4. The van der Waals surface area contributed by atoms with Crippen LogP contribution in [0.5, 0.6) is 11.5 Å². The Kier molecular flexibility index (Phi) is 13.8. The summed E-state index contributed by atoms with van der Waals surface area (Å²) in [7, 11) is 2.83. The van der Waals surface area contributed by atoms with E-state index in [-0.39, 0.29) is 39.3 Å². The molecule has 0 aliphatic carbocycles. The molecule has 2 unspecified atom stereocenters. The van der Waals surface area contributed by atoms with Gasteiger partial charge in [-0.3, -0.25) is 9.59 Å². The number of methoxy groups -OCH3 is 1. The number of nitrogens with one attached hydrogen (secondary N) is 5. The lowest BCUT2D eigenvalue weighted by Crippen LogP contribution is -2.48. The predicted molar refractivity (Wildman–Crippen MR) is 184 cm³/mol. The van der Waals surface area contributed by atoms with E-state index in [1.807, 2.05) is 0 Å². The van der Waals surface area contributed by atoms with Crippen LogP contribution in [0, 0.1) is 0 Å². The second kappa shape index (κ2) is 17.6. The number of hydrogen-bond donors (Lipinski definition) is 5. The number of carbonyl (C=O) groups is 5. The zero-order chi connectivity index (χ0) is 37.1. The summed E-state index contributed by atoms with van der Waals surface area (Å²) in [6.07, 6.45) is -1.11. The summed E-state index contributed by atoms with van der Waals surface area (Å²) in [6, 6.07) is 8.53. The molecule has 5 N–H and O–H groups in total. The molecule has 0 saturated heterocycles. The highest BCUT2D eigenvalue weighted by Gasteiger charge is 2.27. The molecule has 15 nitrogen and oxygen atoms in total. The number of carbonyl (C=O) groups excluding carboxylic acids is 5. The van der Waals surface area contributed by atoms with Gasteiger partial charge in [0, 0.05) is 17.5 Å². The zero-order valence-corrected chi connectivity index (χ0v) is 29.9. The molecule has 2 atom stereocenters. The van der Waals surface area contributed by atoms with Gasteiger partial charge in [0.1, 0.15) is 48.0 Å². The van der Waals surface area contributed by atoms with E-state index in [1.54, 1.807) is 85.0 Å². The predicted octanol–water partition coefficient (Wildman–Crippen LogP) is 2.75. The minimum absolute atomic E-state index is 0.0642. The van der Waals surface area contributed by atoms with Crippen molar-refractivity contribution in [2.24, 2.45) is 0 Å². The molecule has 0 fully saturated rings. The molecule has 4 bridgehead atoms. The van der Waals surface area contributed by atoms with Crippen molar-refractivity contribution in [2.75, 3.05) is 47.0 Å². The Morgan fingerprint density at radius 3 is 1.88 bits per heavy atom. The van der Waals surface area contributed by atoms with E-state index in [2.05, 4.69) is 26.6 Å². The first-order valence-corrected chi connectivity index (χ1v) is 16.3. The molecule has 0 radical (unpaired) electrons. The molecule has 50 heavy (non-hydrogen) atoms. The van der Waals surface area contributed by atoms with Crippen molar-refractivity contribution in [2.45, 2.75) is 71.2 Å². The van der Waals surface area contributed by atoms with Gasteiger partial charge in [0.25, 0.3) is 0 Å². The maximum atomic E-state index is 13.3. The Morgan fingerprint density at radius 2 is 1.36 bits per heavy atom. The van der Waals surface area contributed by atoms with Crippen LogP contribution in [-0.4, -0.2) is 94.2 Å². The van der Waals surface area contributed by atoms with Gasteiger partial charge >= 0.3 is 18.2 Å². The molecule has 2 aromatic carbocycles. The standard InChI is InChI=1S/C35H49N5O10/c1-34(2,3)49-32(44)37-13-15-47-26-11-9-21-17-23(26)24-19-22(10-12-27(24)48-16-14-38-33(45)50-35(4,5)6)29(36-7)30(42)39-20-28(41)40-25(18-21)31(43)46-8/h9-12,17,19,25,29,36H,13-16,18,20H2,1-8H3,(H,37,44)(H,38,45)(H,39,42)(H,40,41). The van der Waals surface area contributed by atoms with Crippen LogP contribution >= 0.6 is 0 Å². The largest absolute Gasteiger partial charge is 0.491 e. The number of amides is 4. The van der Waals surface area contributed by atoms with Crippen LogP contribution in [0.1, 0.15) is 58.7 Å². The summed E-state index contributed by atoms with van der Waals surface area (Å²) in [6.45, 7) is 10.6. The topological polar surface area (TPSA) is 192 Å². The van der Waals surface area contributed by atoms with Gasteiger partial charge in [-0.25, -0.2) is 14.4 Å². The molecule has 0 spiro atoms. The summed E-state index contributed by atoms with van der Waals surface area (Å²) in [5.41, 5.74) is 0.974. The lowest BCUT2D eigenvalue weighted by molar-refractivity contribution is -0.145. The molecule has 0 saturated carbocycles. The fourth-order valence-corrected chi connectivity index (χ4v) is 4.90. The molecule has 0 aromatic heterocycles. The van der Waals surface area contributed by atoms with Gasteiger partial charge in [0.2, 0.25) is 11.8 Å². The fraction of sp³-hybridized carbons (Fsp3) is 0.514. The highest BCUT2D eigenvalue weighted by Crippen LogP contribution is 2.39. The first-order chi connectivity index (χ1) is 23.5. The van der Waals surface area contributed by atoms with Gasteiger partial charge in [-0.2, -0.15) is 0 Å². The minimum atomic E-state index is -1.05. The SMILES string of the molecule is CNC1C(=O)NCC(=O)NC(C(=O)OC)Cc2ccc(OCCNC(=O)OC(C)(C)C)c(c2)-c2cc1ccc2OCCNC(=O)OC(C)(C)C. The maximum absolute atomic E-state index is 13.3. The molecule has 1 aliphatic rings. The maximum Gasteiger partial charge on any atom is 0.407 e. The Hall–Kier alpha value is -5.05. The number of esters is 1. The van der Waals surface area contributed by atoms with E-state index in [0.717, 1.165) is 0 Å². The van der Waals surface area contributed by atoms with Gasteiger partial charge < -0.3 is 50.3 Å². The van der Waals surface area contributed by atoms with Crippen LogP contribution in [-0.2, 0) is 35.0 Å². The minimum Gasteiger partial charge on any atom is -0.491 e. The number of hydrogen-bond acceptors (Lipinski definition) is 11. The molecule has 3 rings (SSSR count). The first-order valence-electron chi connectivity index (χ1n) is 16.3. The Labute approximate surface area is 292 Å². The summed E-state index contributed by atoms with van der Waals surface area (Å²) in [4.78, 5) is 63.1. The molecule has 15 heteroatoms. The van der Waals surface area contributed by atoms with E-state index in [4.69, 9.17) is 23.7 Å². The summed E-state index contributed by atoms with van der Waals surface area (Å²) < 4.78 is 27.9. The normalized spacial score (nSPS) is 16.5. The quantitative estimate of drug-likeness (QED) is 0.139. The van der Waals surface area contributed by atoms with Gasteiger partial charge in [-0.1, -0.05) is 12.1 Å². The number of fused-ring (bicyclic) bond motifs is 5. The van der Waals surface area contributed by atoms with Crippen molar-refractivity contribution in [1.29, 1.82) is 0 Å². The summed E-state index contributed by atoms with van der Waals surface area (Å²) in [5.74, 6) is -0.890. The van der Waals surface area contributed by atoms with E-state index in [9.17, 15) is 24.0 Å². The van der Waals surface area contributed by atoms with Gasteiger partial charge in [0.05, 0.1) is 26.7 Å². The van der Waals surface area contributed by atoms with Gasteiger partial charge in [-0.05, 0) is 84.0 Å². The van der Waals surface area contributed by atoms with Crippen LogP contribution in [0.2, 0.25) is 0 Å². The number of rotatable bonds is 10. The monoisotopic (exact) mass is 699 g/mol. The highest BCUT2D eigenvalue weighted by molar-refractivity contribution is 5.91. The van der Waals surface area contributed by atoms with Crippen molar-refractivity contribution >= 4 is 30.0 Å². The van der Waals surface area contributed by atoms with Gasteiger partial charge in [-0.15, -0.1) is 0 Å². The van der Waals surface area contributed by atoms with Gasteiger partial charge in [0.15, 0.2) is 0 Å². The van der Waals surface area contributed by atoms with Crippen molar-refractivity contribution in [1.82, 2.24) is 26.6 Å². The second-order valence-corrected chi connectivity index (χ2v) is 13.4. The third kappa shape index (κ3) is 12.4. The smallest absolute Gasteiger partial charge is 0.407 e. The number of alkyl carbamates (subject to hydrolysis) is 2. The van der Waals surface area contributed by atoms with Crippen LogP contribution in [0.3, 0.4) is 0 Å². The molecular weight excluding hydrogens is 650 g/mol. The van der Waals surface area contributed by atoms with Crippen molar-refractivity contribution in [3.8, 4) is 22.6 Å². The lowest BCUT2D eigenvalue weighted by atomic mass is 9.94. The Bertz CT molecular complexity index is 1530. The highest BCUT2D eigenvalue weighted by atomic mass is 16.6. The molecule has 1 aliphatic heterocycles. The molecule has 1 heterocycles. The van der Waals surface area contributed by atoms with Crippen LogP contribution < -0.4 is 36.1 Å². The van der Waals surface area contributed by atoms with Crippen molar-refractivity contribution in [3.05, 3.63) is 47.5 Å². The average molecular weight is 700 g/mol. The van der Waals surface area contributed by atoms with Crippen LogP contribution in [0.15, 0.2) is 36.4 Å². The van der Waals surface area contributed by atoms with Crippen LogP contribution in [0.4, 0.5) is 9.59 Å². The average Bonchev–Trinajstić information content (AvgIpc) is 3.02. The Balaban J connectivity index is 2.04. The number of likely N-dealkylation sites (N-methyl/N-ethyl adjacent to an activating group) is 1.